The molecule has 0 unspecified atom stereocenters. The summed E-state index contributed by atoms with van der Waals surface area (Å²) in [6.07, 6.45) is 1.70. The van der Waals surface area contributed by atoms with E-state index in [-0.39, 0.29) is 0 Å². The second-order valence-corrected chi connectivity index (χ2v) is 4.00. The van der Waals surface area contributed by atoms with Crippen LogP contribution >= 0.6 is 11.6 Å². The van der Waals surface area contributed by atoms with Crippen LogP contribution in [0.3, 0.4) is 0 Å². The summed E-state index contributed by atoms with van der Waals surface area (Å²) in [5.41, 5.74) is 9.88. The predicted octanol–water partition coefficient (Wildman–Crippen LogP) is 2.93. The Kier molecular flexibility index (Phi) is 2.40. The van der Waals surface area contributed by atoms with E-state index in [0.717, 1.165) is 27.3 Å². The van der Waals surface area contributed by atoms with Crippen molar-refractivity contribution in [1.82, 2.24) is 10.2 Å². The Morgan fingerprint density at radius 2 is 2.07 bits per heavy atom. The number of anilines is 1. The molecular formula is C11H12ClN3. The molecule has 3 N–H and O–H groups in total. The van der Waals surface area contributed by atoms with Crippen LogP contribution in [0.5, 0.6) is 0 Å². The summed E-state index contributed by atoms with van der Waals surface area (Å²) >= 11 is 6.12. The van der Waals surface area contributed by atoms with Gasteiger partial charge in [0.25, 0.3) is 0 Å². The highest BCUT2D eigenvalue weighted by Crippen LogP contribution is 2.30. The molecule has 15 heavy (non-hydrogen) atoms. The van der Waals surface area contributed by atoms with Crippen LogP contribution in [0.1, 0.15) is 11.1 Å². The van der Waals surface area contributed by atoms with Crippen LogP contribution in [-0.4, -0.2) is 10.2 Å². The molecular weight excluding hydrogens is 210 g/mol. The number of aryl methyl sites for hydroxylation is 1. The average Bonchev–Trinajstić information content (AvgIpc) is 2.60. The fourth-order valence-corrected chi connectivity index (χ4v) is 1.76. The third-order valence-corrected chi connectivity index (χ3v) is 2.98. The van der Waals surface area contributed by atoms with Gasteiger partial charge >= 0.3 is 0 Å². The van der Waals surface area contributed by atoms with E-state index in [9.17, 15) is 0 Å². The first-order valence-corrected chi connectivity index (χ1v) is 5.03. The normalized spacial score (nSPS) is 10.6. The highest BCUT2D eigenvalue weighted by Gasteiger charge is 2.08. The standard InChI is InChI=1S/C11H12ClN3/c1-6-3-8(4-10(12)7(6)2)9-5-14-15-11(9)13/h3-5H,1-2H3,(H3,13,14,15). The maximum atomic E-state index is 6.12. The van der Waals surface area contributed by atoms with E-state index in [1.54, 1.807) is 6.20 Å². The van der Waals surface area contributed by atoms with E-state index in [1.807, 2.05) is 19.9 Å². The second-order valence-electron chi connectivity index (χ2n) is 3.60. The Balaban J connectivity index is 2.60. The molecule has 0 saturated heterocycles. The summed E-state index contributed by atoms with van der Waals surface area (Å²) in [4.78, 5) is 0. The minimum absolute atomic E-state index is 0.564. The van der Waals surface area contributed by atoms with Crippen LogP contribution < -0.4 is 5.73 Å². The van der Waals surface area contributed by atoms with Gasteiger partial charge in [-0.25, -0.2) is 0 Å². The third-order valence-electron chi connectivity index (χ3n) is 2.58. The minimum atomic E-state index is 0.564. The summed E-state index contributed by atoms with van der Waals surface area (Å²) in [7, 11) is 0. The third kappa shape index (κ3) is 1.70. The van der Waals surface area contributed by atoms with Crippen molar-refractivity contribution < 1.29 is 0 Å². The van der Waals surface area contributed by atoms with Crippen LogP contribution in [0.2, 0.25) is 5.02 Å². The lowest BCUT2D eigenvalue weighted by atomic mass is 10.0. The largest absolute Gasteiger partial charge is 0.384 e. The summed E-state index contributed by atoms with van der Waals surface area (Å²) in [6, 6.07) is 3.97. The van der Waals surface area contributed by atoms with Crippen molar-refractivity contribution in [3.8, 4) is 11.1 Å². The Bertz CT molecular complexity index is 479. The van der Waals surface area contributed by atoms with Crippen molar-refractivity contribution in [3.05, 3.63) is 34.5 Å². The smallest absolute Gasteiger partial charge is 0.126 e. The number of aromatic amines is 1. The number of H-pyrrole nitrogens is 1. The van der Waals surface area contributed by atoms with Crippen LogP contribution in [0, 0.1) is 13.8 Å². The molecule has 0 aliphatic rings. The number of nitrogens with two attached hydrogens (primary N) is 1. The van der Waals surface area contributed by atoms with Gasteiger partial charge in [-0.2, -0.15) is 5.10 Å². The molecule has 0 aliphatic heterocycles. The monoisotopic (exact) mass is 221 g/mol. The van der Waals surface area contributed by atoms with Crippen molar-refractivity contribution in [1.29, 1.82) is 0 Å². The fraction of sp³-hybridized carbons (Fsp3) is 0.182. The van der Waals surface area contributed by atoms with Crippen molar-refractivity contribution in [3.63, 3.8) is 0 Å². The second kappa shape index (κ2) is 3.59. The number of benzene rings is 1. The van der Waals surface area contributed by atoms with Crippen molar-refractivity contribution >= 4 is 17.4 Å². The Morgan fingerprint density at radius 3 is 2.60 bits per heavy atom. The van der Waals surface area contributed by atoms with Gasteiger partial charge in [-0.1, -0.05) is 17.7 Å². The number of halogens is 1. The maximum Gasteiger partial charge on any atom is 0.126 e. The zero-order valence-electron chi connectivity index (χ0n) is 8.63. The zero-order chi connectivity index (χ0) is 11.0. The molecule has 0 saturated carbocycles. The topological polar surface area (TPSA) is 54.7 Å². The number of hydrogen-bond acceptors (Lipinski definition) is 2. The quantitative estimate of drug-likeness (QED) is 0.778. The van der Waals surface area contributed by atoms with E-state index in [4.69, 9.17) is 17.3 Å². The van der Waals surface area contributed by atoms with Gasteiger partial charge in [0, 0.05) is 10.6 Å². The molecule has 0 aliphatic carbocycles. The molecule has 0 spiro atoms. The zero-order valence-corrected chi connectivity index (χ0v) is 9.39. The first kappa shape index (κ1) is 10.1. The fourth-order valence-electron chi connectivity index (χ4n) is 1.50. The molecule has 2 aromatic rings. The van der Waals surface area contributed by atoms with Gasteiger partial charge in [0.05, 0.1) is 6.20 Å². The van der Waals surface area contributed by atoms with Gasteiger partial charge in [0.1, 0.15) is 5.82 Å². The number of aromatic nitrogens is 2. The summed E-state index contributed by atoms with van der Waals surface area (Å²) in [5.74, 6) is 0.564. The van der Waals surface area contributed by atoms with E-state index >= 15 is 0 Å². The Labute approximate surface area is 93.3 Å². The lowest BCUT2D eigenvalue weighted by Crippen LogP contribution is -1.89. The lowest BCUT2D eigenvalue weighted by molar-refractivity contribution is 1.10. The van der Waals surface area contributed by atoms with E-state index in [1.165, 1.54) is 0 Å². The number of nitrogens with zero attached hydrogens (tertiary/aromatic N) is 1. The predicted molar refractivity (Wildman–Crippen MR) is 62.9 cm³/mol. The van der Waals surface area contributed by atoms with Crippen LogP contribution in [0.4, 0.5) is 5.82 Å². The number of rotatable bonds is 1. The van der Waals surface area contributed by atoms with Gasteiger partial charge in [0.15, 0.2) is 0 Å². The van der Waals surface area contributed by atoms with Gasteiger partial charge in [0.2, 0.25) is 0 Å². The highest BCUT2D eigenvalue weighted by atomic mass is 35.5. The molecule has 0 bridgehead atoms. The SMILES string of the molecule is Cc1cc(-c2cn[nH]c2N)cc(Cl)c1C. The minimum Gasteiger partial charge on any atom is -0.384 e. The van der Waals surface area contributed by atoms with Gasteiger partial charge < -0.3 is 5.73 Å². The van der Waals surface area contributed by atoms with Crippen molar-refractivity contribution in [2.75, 3.05) is 5.73 Å². The summed E-state index contributed by atoms with van der Waals surface area (Å²) in [5, 5.41) is 7.35. The average molecular weight is 222 g/mol. The van der Waals surface area contributed by atoms with E-state index in [2.05, 4.69) is 16.3 Å². The maximum absolute atomic E-state index is 6.12. The molecule has 0 fully saturated rings. The van der Waals surface area contributed by atoms with Gasteiger partial charge in [-0.15, -0.1) is 0 Å². The molecule has 1 aromatic carbocycles. The molecule has 0 atom stereocenters. The molecule has 1 aromatic heterocycles. The summed E-state index contributed by atoms with van der Waals surface area (Å²) in [6.45, 7) is 4.03. The van der Waals surface area contributed by atoms with Gasteiger partial charge in [-0.3, -0.25) is 5.10 Å². The first-order chi connectivity index (χ1) is 7.09. The van der Waals surface area contributed by atoms with E-state index < -0.39 is 0 Å². The first-order valence-electron chi connectivity index (χ1n) is 4.65. The molecule has 1 heterocycles. The number of nitrogens with one attached hydrogen (secondary N) is 1. The van der Waals surface area contributed by atoms with E-state index in [0.29, 0.717) is 5.82 Å². The van der Waals surface area contributed by atoms with Gasteiger partial charge in [-0.05, 0) is 36.6 Å². The van der Waals surface area contributed by atoms with Crippen LogP contribution in [0.25, 0.3) is 11.1 Å². The summed E-state index contributed by atoms with van der Waals surface area (Å²) < 4.78 is 0. The molecule has 0 radical (unpaired) electrons. The molecule has 78 valence electrons. The highest BCUT2D eigenvalue weighted by molar-refractivity contribution is 6.31. The lowest BCUT2D eigenvalue weighted by Gasteiger charge is -2.06. The number of hydrogen-bond donors (Lipinski definition) is 2. The number of nitrogen functional groups attached to an aromatic ring is 1. The van der Waals surface area contributed by atoms with Crippen LogP contribution in [-0.2, 0) is 0 Å². The molecule has 4 heteroatoms. The van der Waals surface area contributed by atoms with Crippen molar-refractivity contribution in [2.45, 2.75) is 13.8 Å². The molecule has 2 rings (SSSR count). The van der Waals surface area contributed by atoms with Crippen LogP contribution in [0.15, 0.2) is 18.3 Å². The Hall–Kier alpha value is -1.48. The molecule has 3 nitrogen and oxygen atoms in total. The van der Waals surface area contributed by atoms with Crippen molar-refractivity contribution in [2.24, 2.45) is 0 Å². The molecule has 0 amide bonds. The Morgan fingerprint density at radius 1 is 1.33 bits per heavy atom.